The van der Waals surface area contributed by atoms with E-state index < -0.39 is 14.9 Å². The van der Waals surface area contributed by atoms with E-state index in [2.05, 4.69) is 0 Å². The van der Waals surface area contributed by atoms with Crippen molar-refractivity contribution < 1.29 is 13.3 Å². The van der Waals surface area contributed by atoms with Crippen molar-refractivity contribution in [2.45, 2.75) is 18.2 Å². The van der Waals surface area contributed by atoms with E-state index >= 15 is 0 Å². The smallest absolute Gasteiger partial charge is 0.293 e. The summed E-state index contributed by atoms with van der Waals surface area (Å²) in [7, 11) is -3.62. The fourth-order valence-electron chi connectivity index (χ4n) is 3.24. The number of rotatable bonds is 4. The second-order valence-electron chi connectivity index (χ2n) is 6.63. The van der Waals surface area contributed by atoms with E-state index in [1.54, 1.807) is 30.3 Å². The lowest BCUT2D eigenvalue weighted by molar-refractivity contribution is -0.384. The van der Waals surface area contributed by atoms with Crippen LogP contribution in [0.2, 0.25) is 0 Å². The lowest BCUT2D eigenvalue weighted by atomic mass is 10.1. The zero-order valence-corrected chi connectivity index (χ0v) is 16.2. The summed E-state index contributed by atoms with van der Waals surface area (Å²) < 4.78 is 27.3. The minimum atomic E-state index is -3.62. The summed E-state index contributed by atoms with van der Waals surface area (Å²) >= 11 is 0. The summed E-state index contributed by atoms with van der Waals surface area (Å²) in [6.07, 6.45) is 0.544. The monoisotopic (exact) mass is 400 g/mol. The number of anilines is 1. The number of benzene rings is 2. The van der Waals surface area contributed by atoms with Crippen LogP contribution in [0.15, 0.2) is 47.4 Å². The number of aryl methyl sites for hydroxylation is 1. The predicted octanol–water partition coefficient (Wildman–Crippen LogP) is 2.68. The summed E-state index contributed by atoms with van der Waals surface area (Å²) in [6, 6.07) is 13.0. The minimum Gasteiger partial charge on any atom is -0.365 e. The van der Waals surface area contributed by atoms with Crippen molar-refractivity contribution in [3.8, 4) is 6.07 Å². The van der Waals surface area contributed by atoms with Gasteiger partial charge in [0, 0.05) is 32.2 Å². The Balaban J connectivity index is 1.83. The average molecular weight is 400 g/mol. The topological polar surface area (TPSA) is 108 Å². The molecule has 0 atom stereocenters. The average Bonchev–Trinajstić information content (AvgIpc) is 2.94. The molecule has 3 rings (SSSR count). The van der Waals surface area contributed by atoms with Gasteiger partial charge in [-0.1, -0.05) is 17.7 Å². The van der Waals surface area contributed by atoms with Gasteiger partial charge in [-0.05, 0) is 37.6 Å². The summed E-state index contributed by atoms with van der Waals surface area (Å²) in [4.78, 5) is 13.0. The highest BCUT2D eigenvalue weighted by atomic mass is 32.2. The Kier molecular flexibility index (Phi) is 5.63. The molecule has 1 saturated heterocycles. The van der Waals surface area contributed by atoms with Crippen LogP contribution < -0.4 is 4.90 Å². The molecule has 0 aromatic heterocycles. The zero-order chi connectivity index (χ0) is 20.3. The van der Waals surface area contributed by atoms with E-state index in [4.69, 9.17) is 5.26 Å². The molecule has 0 N–H and O–H groups in total. The molecule has 2 aromatic carbocycles. The van der Waals surface area contributed by atoms with Gasteiger partial charge >= 0.3 is 0 Å². The number of hydrogen-bond donors (Lipinski definition) is 0. The van der Waals surface area contributed by atoms with Crippen LogP contribution in [0, 0.1) is 28.4 Å². The Morgan fingerprint density at radius 3 is 2.43 bits per heavy atom. The first kappa shape index (κ1) is 19.8. The number of sulfonamides is 1. The zero-order valence-electron chi connectivity index (χ0n) is 15.4. The Morgan fingerprint density at radius 2 is 1.79 bits per heavy atom. The Morgan fingerprint density at radius 1 is 1.07 bits per heavy atom. The first-order chi connectivity index (χ1) is 13.3. The number of nitro benzene ring substituents is 1. The van der Waals surface area contributed by atoms with Crippen molar-refractivity contribution in [1.29, 1.82) is 5.26 Å². The third-order valence-corrected chi connectivity index (χ3v) is 6.67. The lowest BCUT2D eigenvalue weighted by Crippen LogP contribution is -2.35. The van der Waals surface area contributed by atoms with Crippen molar-refractivity contribution in [3.05, 3.63) is 63.7 Å². The molecule has 0 radical (unpaired) electrons. The molecule has 1 aliphatic rings. The van der Waals surface area contributed by atoms with E-state index in [0.717, 1.165) is 5.56 Å². The summed E-state index contributed by atoms with van der Waals surface area (Å²) in [5.74, 6) is 0. The second kappa shape index (κ2) is 7.96. The largest absolute Gasteiger partial charge is 0.365 e. The van der Waals surface area contributed by atoms with Crippen LogP contribution in [0.4, 0.5) is 11.4 Å². The molecule has 2 aromatic rings. The van der Waals surface area contributed by atoms with Gasteiger partial charge in [0.05, 0.1) is 21.5 Å². The van der Waals surface area contributed by atoms with E-state index in [1.165, 1.54) is 16.4 Å². The molecule has 28 heavy (non-hydrogen) atoms. The van der Waals surface area contributed by atoms with E-state index in [0.29, 0.717) is 31.7 Å². The minimum absolute atomic E-state index is 0.145. The third kappa shape index (κ3) is 3.98. The van der Waals surface area contributed by atoms with Crippen LogP contribution in [0.3, 0.4) is 0 Å². The quantitative estimate of drug-likeness (QED) is 0.577. The molecule has 0 saturated carbocycles. The number of nitriles is 1. The third-order valence-electron chi connectivity index (χ3n) is 4.76. The maximum absolute atomic E-state index is 12.9. The highest BCUT2D eigenvalue weighted by Gasteiger charge is 2.29. The van der Waals surface area contributed by atoms with Crippen LogP contribution >= 0.6 is 0 Å². The second-order valence-corrected chi connectivity index (χ2v) is 8.57. The maximum Gasteiger partial charge on any atom is 0.293 e. The fourth-order valence-corrected chi connectivity index (χ4v) is 4.71. The van der Waals surface area contributed by atoms with Gasteiger partial charge in [-0.2, -0.15) is 9.57 Å². The molecule has 0 bridgehead atoms. The Labute approximate surface area is 163 Å². The highest BCUT2D eigenvalue weighted by Crippen LogP contribution is 2.30. The van der Waals surface area contributed by atoms with E-state index in [-0.39, 0.29) is 22.7 Å². The van der Waals surface area contributed by atoms with Crippen molar-refractivity contribution in [1.82, 2.24) is 4.31 Å². The van der Waals surface area contributed by atoms with Gasteiger partial charge in [-0.25, -0.2) is 8.42 Å². The standard InChI is InChI=1S/C19H20N4O4S/c1-15-3-6-17(7-4-15)28(26,27)22-10-2-9-21(11-12-22)18-8-5-16(14-20)13-19(18)23(24)25/h3-8,13H,2,9-12H2,1H3. The van der Waals surface area contributed by atoms with Gasteiger partial charge in [-0.15, -0.1) is 0 Å². The van der Waals surface area contributed by atoms with Crippen LogP contribution in [-0.4, -0.2) is 43.8 Å². The number of hydrogen-bond acceptors (Lipinski definition) is 6. The van der Waals surface area contributed by atoms with Crippen LogP contribution in [-0.2, 0) is 10.0 Å². The first-order valence-corrected chi connectivity index (χ1v) is 10.3. The summed E-state index contributed by atoms with van der Waals surface area (Å²) in [5.41, 5.74) is 1.45. The normalized spacial score (nSPS) is 15.6. The molecular weight excluding hydrogens is 380 g/mol. The van der Waals surface area contributed by atoms with Crippen molar-refractivity contribution in [2.75, 3.05) is 31.1 Å². The highest BCUT2D eigenvalue weighted by molar-refractivity contribution is 7.89. The van der Waals surface area contributed by atoms with E-state index in [9.17, 15) is 18.5 Å². The molecule has 8 nitrogen and oxygen atoms in total. The van der Waals surface area contributed by atoms with Crippen LogP contribution in [0.25, 0.3) is 0 Å². The van der Waals surface area contributed by atoms with Crippen LogP contribution in [0.5, 0.6) is 0 Å². The summed E-state index contributed by atoms with van der Waals surface area (Å²) in [5, 5.41) is 20.4. The van der Waals surface area contributed by atoms with E-state index in [1.807, 2.05) is 17.9 Å². The van der Waals surface area contributed by atoms with Crippen LogP contribution in [0.1, 0.15) is 17.5 Å². The van der Waals surface area contributed by atoms with Gasteiger partial charge in [0.25, 0.3) is 5.69 Å². The molecule has 0 unspecified atom stereocenters. The predicted molar refractivity (Wildman–Crippen MR) is 105 cm³/mol. The Bertz CT molecular complexity index is 1030. The maximum atomic E-state index is 12.9. The molecule has 1 heterocycles. The van der Waals surface area contributed by atoms with Crippen molar-refractivity contribution >= 4 is 21.4 Å². The van der Waals surface area contributed by atoms with Gasteiger partial charge in [0.15, 0.2) is 0 Å². The molecule has 0 amide bonds. The first-order valence-electron chi connectivity index (χ1n) is 8.83. The molecular formula is C19H20N4O4S. The molecule has 1 fully saturated rings. The molecule has 9 heteroatoms. The van der Waals surface area contributed by atoms with Gasteiger partial charge in [0.2, 0.25) is 10.0 Å². The molecule has 0 spiro atoms. The molecule has 0 aliphatic carbocycles. The molecule has 146 valence electrons. The summed E-state index contributed by atoms with van der Waals surface area (Å²) in [6.45, 7) is 3.29. The lowest BCUT2D eigenvalue weighted by Gasteiger charge is -2.23. The van der Waals surface area contributed by atoms with Gasteiger partial charge < -0.3 is 4.90 Å². The number of nitrogens with zero attached hydrogens (tertiary/aromatic N) is 4. The van der Waals surface area contributed by atoms with Gasteiger partial charge in [-0.3, -0.25) is 10.1 Å². The Hall–Kier alpha value is -2.96. The fraction of sp³-hybridized carbons (Fsp3) is 0.316. The number of nitro groups is 1. The van der Waals surface area contributed by atoms with Gasteiger partial charge in [0.1, 0.15) is 5.69 Å². The molecule has 1 aliphatic heterocycles. The SMILES string of the molecule is Cc1ccc(S(=O)(=O)N2CCCN(c3ccc(C#N)cc3[N+](=O)[O-])CC2)cc1. The van der Waals surface area contributed by atoms with Crippen molar-refractivity contribution in [2.24, 2.45) is 0 Å². The van der Waals surface area contributed by atoms with Crippen molar-refractivity contribution in [3.63, 3.8) is 0 Å².